The van der Waals surface area contributed by atoms with Gasteiger partial charge < -0.3 is 15.0 Å². The molecule has 1 aliphatic heterocycles. The molecule has 1 aromatic heterocycles. The zero-order valence-electron chi connectivity index (χ0n) is 14.6. The second-order valence-corrected chi connectivity index (χ2v) is 6.23. The maximum atomic E-state index is 12.2. The van der Waals surface area contributed by atoms with E-state index in [1.54, 1.807) is 4.90 Å². The number of ether oxygens (including phenoxy) is 1. The Morgan fingerprint density at radius 1 is 1.08 bits per heavy atom. The molecule has 6 heteroatoms. The van der Waals surface area contributed by atoms with Gasteiger partial charge in [0.15, 0.2) is 6.61 Å². The van der Waals surface area contributed by atoms with Crippen molar-refractivity contribution < 1.29 is 9.53 Å². The average molecular weight is 348 g/mol. The summed E-state index contributed by atoms with van der Waals surface area (Å²) >= 11 is 0. The van der Waals surface area contributed by atoms with Gasteiger partial charge in [0.05, 0.1) is 22.4 Å². The fourth-order valence-electron chi connectivity index (χ4n) is 3.10. The number of aromatic nitrogens is 2. The molecule has 1 N–H and O–H groups in total. The molecular weight excluding hydrogens is 328 g/mol. The molecule has 0 fully saturated rings. The number of rotatable bonds is 5. The summed E-state index contributed by atoms with van der Waals surface area (Å²) in [5.41, 5.74) is 3.48. The van der Waals surface area contributed by atoms with Crippen LogP contribution >= 0.6 is 0 Å². The number of carbonyl (C=O) groups is 1. The van der Waals surface area contributed by atoms with Crippen molar-refractivity contribution in [3.8, 4) is 5.75 Å². The lowest BCUT2D eigenvalue weighted by Crippen LogP contribution is -2.39. The first-order chi connectivity index (χ1) is 12.7. The average Bonchev–Trinajstić information content (AvgIpc) is 2.66. The highest BCUT2D eigenvalue weighted by Gasteiger charge is 2.24. The normalized spacial score (nSPS) is 13.4. The number of aryl methyl sites for hydroxylation is 1. The van der Waals surface area contributed by atoms with Crippen LogP contribution in [0.4, 0.5) is 11.5 Å². The van der Waals surface area contributed by atoms with Gasteiger partial charge in [-0.15, -0.1) is 0 Å². The molecule has 0 radical (unpaired) electrons. The van der Waals surface area contributed by atoms with Gasteiger partial charge in [-0.1, -0.05) is 24.3 Å². The number of anilines is 2. The molecule has 0 aliphatic carbocycles. The third-order valence-corrected chi connectivity index (χ3v) is 4.40. The molecule has 4 rings (SSSR count). The van der Waals surface area contributed by atoms with Gasteiger partial charge in [0.2, 0.25) is 0 Å². The Labute approximate surface area is 151 Å². The Bertz CT molecular complexity index is 957. The van der Waals surface area contributed by atoms with E-state index in [0.29, 0.717) is 13.1 Å². The van der Waals surface area contributed by atoms with E-state index in [1.165, 1.54) is 0 Å². The van der Waals surface area contributed by atoms with Gasteiger partial charge in [-0.3, -0.25) is 4.79 Å². The molecule has 1 amide bonds. The summed E-state index contributed by atoms with van der Waals surface area (Å²) in [5.74, 6) is 1.54. The van der Waals surface area contributed by atoms with Crippen LogP contribution in [0.1, 0.15) is 12.1 Å². The number of fused-ring (bicyclic) bond motifs is 2. The molecule has 0 bridgehead atoms. The van der Waals surface area contributed by atoms with E-state index in [1.807, 2.05) is 55.5 Å². The first kappa shape index (κ1) is 16.3. The molecule has 2 heterocycles. The summed E-state index contributed by atoms with van der Waals surface area (Å²) in [6.45, 7) is 3.39. The first-order valence-corrected chi connectivity index (χ1v) is 8.72. The summed E-state index contributed by atoms with van der Waals surface area (Å²) in [7, 11) is 0. The third-order valence-electron chi connectivity index (χ3n) is 4.40. The Balaban J connectivity index is 1.40. The van der Waals surface area contributed by atoms with Crippen molar-refractivity contribution in [1.82, 2.24) is 9.97 Å². The highest BCUT2D eigenvalue weighted by atomic mass is 16.5. The minimum Gasteiger partial charge on any atom is -0.482 e. The molecule has 0 atom stereocenters. The summed E-state index contributed by atoms with van der Waals surface area (Å²) in [4.78, 5) is 23.2. The van der Waals surface area contributed by atoms with Crippen molar-refractivity contribution in [3.63, 3.8) is 0 Å². The summed E-state index contributed by atoms with van der Waals surface area (Å²) in [6.07, 6.45) is 0.800. The minimum absolute atomic E-state index is 0.00891. The molecule has 3 aromatic rings. The number of para-hydroxylation sites is 4. The monoisotopic (exact) mass is 348 g/mol. The van der Waals surface area contributed by atoms with Crippen molar-refractivity contribution in [2.75, 3.05) is 29.9 Å². The van der Waals surface area contributed by atoms with Crippen molar-refractivity contribution in [1.29, 1.82) is 0 Å². The molecular formula is C20H20N4O2. The zero-order valence-corrected chi connectivity index (χ0v) is 14.6. The lowest BCUT2D eigenvalue weighted by Gasteiger charge is -2.29. The van der Waals surface area contributed by atoms with Crippen LogP contribution in [-0.4, -0.2) is 35.6 Å². The number of hydrogen-bond acceptors (Lipinski definition) is 5. The highest BCUT2D eigenvalue weighted by Crippen LogP contribution is 2.31. The van der Waals surface area contributed by atoms with Crippen LogP contribution in [0.2, 0.25) is 0 Å². The highest BCUT2D eigenvalue weighted by molar-refractivity contribution is 5.97. The largest absolute Gasteiger partial charge is 0.482 e. The van der Waals surface area contributed by atoms with Crippen LogP contribution < -0.4 is 15.0 Å². The van der Waals surface area contributed by atoms with Crippen LogP contribution in [-0.2, 0) is 4.79 Å². The Morgan fingerprint density at radius 2 is 1.81 bits per heavy atom. The second kappa shape index (κ2) is 7.00. The van der Waals surface area contributed by atoms with E-state index < -0.39 is 0 Å². The van der Waals surface area contributed by atoms with Crippen LogP contribution in [0.5, 0.6) is 5.75 Å². The molecule has 0 saturated carbocycles. The number of nitrogens with one attached hydrogen (secondary N) is 1. The SMILES string of the molecule is Cc1nc2ccccc2nc1NCCCN1C(=O)COc2ccccc21. The molecule has 26 heavy (non-hydrogen) atoms. The molecule has 0 spiro atoms. The quantitative estimate of drug-likeness (QED) is 0.718. The van der Waals surface area contributed by atoms with E-state index in [4.69, 9.17) is 4.74 Å². The van der Waals surface area contributed by atoms with Crippen LogP contribution in [0.15, 0.2) is 48.5 Å². The summed E-state index contributed by atoms with van der Waals surface area (Å²) in [6, 6.07) is 15.5. The van der Waals surface area contributed by atoms with E-state index in [0.717, 1.165) is 40.4 Å². The van der Waals surface area contributed by atoms with Gasteiger partial charge in [-0.05, 0) is 37.6 Å². The lowest BCUT2D eigenvalue weighted by atomic mass is 10.2. The molecule has 132 valence electrons. The van der Waals surface area contributed by atoms with Gasteiger partial charge >= 0.3 is 0 Å². The molecule has 0 unspecified atom stereocenters. The van der Waals surface area contributed by atoms with Crippen molar-refractivity contribution >= 4 is 28.4 Å². The van der Waals surface area contributed by atoms with Crippen LogP contribution in [0.3, 0.4) is 0 Å². The van der Waals surface area contributed by atoms with Crippen LogP contribution in [0, 0.1) is 6.92 Å². The third kappa shape index (κ3) is 3.18. The van der Waals surface area contributed by atoms with E-state index in [-0.39, 0.29) is 12.5 Å². The van der Waals surface area contributed by atoms with Gasteiger partial charge in [-0.25, -0.2) is 9.97 Å². The molecule has 2 aromatic carbocycles. The maximum Gasteiger partial charge on any atom is 0.265 e. The second-order valence-electron chi connectivity index (χ2n) is 6.23. The number of hydrogen-bond donors (Lipinski definition) is 1. The fraction of sp³-hybridized carbons (Fsp3) is 0.250. The predicted molar refractivity (Wildman–Crippen MR) is 102 cm³/mol. The number of carbonyl (C=O) groups excluding carboxylic acids is 1. The number of amides is 1. The van der Waals surface area contributed by atoms with E-state index in [2.05, 4.69) is 15.3 Å². The standard InChI is InChI=1S/C20H20N4O2/c1-14-20(23-16-8-3-2-7-15(16)22-14)21-11-6-12-24-17-9-4-5-10-18(17)26-13-19(24)25/h2-5,7-10H,6,11-13H2,1H3,(H,21,23). The molecule has 1 aliphatic rings. The van der Waals surface area contributed by atoms with Crippen molar-refractivity contribution in [2.45, 2.75) is 13.3 Å². The number of benzene rings is 2. The first-order valence-electron chi connectivity index (χ1n) is 8.72. The summed E-state index contributed by atoms with van der Waals surface area (Å²) in [5, 5.41) is 3.34. The smallest absolute Gasteiger partial charge is 0.265 e. The van der Waals surface area contributed by atoms with Crippen molar-refractivity contribution in [3.05, 3.63) is 54.2 Å². The Kier molecular flexibility index (Phi) is 4.39. The Hall–Kier alpha value is -3.15. The maximum absolute atomic E-state index is 12.2. The number of nitrogens with zero attached hydrogens (tertiary/aromatic N) is 3. The minimum atomic E-state index is -0.00891. The molecule has 0 saturated heterocycles. The van der Waals surface area contributed by atoms with E-state index in [9.17, 15) is 4.79 Å². The Morgan fingerprint density at radius 3 is 2.65 bits per heavy atom. The zero-order chi connectivity index (χ0) is 17.9. The van der Waals surface area contributed by atoms with Gasteiger partial charge in [0.25, 0.3) is 5.91 Å². The van der Waals surface area contributed by atoms with Gasteiger partial charge in [0, 0.05) is 13.1 Å². The lowest BCUT2D eigenvalue weighted by molar-refractivity contribution is -0.121. The van der Waals surface area contributed by atoms with Gasteiger partial charge in [0.1, 0.15) is 11.6 Å². The van der Waals surface area contributed by atoms with Crippen LogP contribution in [0.25, 0.3) is 11.0 Å². The van der Waals surface area contributed by atoms with E-state index >= 15 is 0 Å². The topological polar surface area (TPSA) is 67.4 Å². The van der Waals surface area contributed by atoms with Gasteiger partial charge in [-0.2, -0.15) is 0 Å². The fourth-order valence-corrected chi connectivity index (χ4v) is 3.10. The summed E-state index contributed by atoms with van der Waals surface area (Å²) < 4.78 is 5.47. The molecule has 6 nitrogen and oxygen atoms in total. The predicted octanol–water partition coefficient (Wildman–Crippen LogP) is 3.17. The van der Waals surface area contributed by atoms with Crippen molar-refractivity contribution in [2.24, 2.45) is 0 Å².